The number of nitrogens with zero attached hydrogens (tertiary/aromatic N) is 2. The van der Waals surface area contributed by atoms with Gasteiger partial charge in [0.15, 0.2) is 0 Å². The Morgan fingerprint density at radius 3 is 2.47 bits per heavy atom. The minimum absolute atomic E-state index is 0.633. The Labute approximate surface area is 122 Å². The lowest BCUT2D eigenvalue weighted by Gasteiger charge is -2.16. The summed E-state index contributed by atoms with van der Waals surface area (Å²) in [5, 5.41) is 1.38. The molecule has 0 atom stereocenters. The van der Waals surface area contributed by atoms with Crippen molar-refractivity contribution in [1.82, 2.24) is 9.97 Å². The molecule has 1 aliphatic rings. The molecule has 1 aromatic heterocycles. The first kappa shape index (κ1) is 12.9. The van der Waals surface area contributed by atoms with Crippen LogP contribution >= 0.6 is 23.2 Å². The van der Waals surface area contributed by atoms with Crippen LogP contribution in [0.4, 0.5) is 0 Å². The van der Waals surface area contributed by atoms with Gasteiger partial charge < -0.3 is 0 Å². The van der Waals surface area contributed by atoms with E-state index in [9.17, 15) is 0 Å². The number of benzene rings is 1. The second-order valence-corrected chi connectivity index (χ2v) is 5.66. The Kier molecular flexibility index (Phi) is 3.72. The highest BCUT2D eigenvalue weighted by Gasteiger charge is 2.16. The van der Waals surface area contributed by atoms with Crippen molar-refractivity contribution in [2.75, 3.05) is 0 Å². The molecule has 2 nitrogen and oxygen atoms in total. The van der Waals surface area contributed by atoms with Crippen LogP contribution in [0.25, 0.3) is 0 Å². The third kappa shape index (κ3) is 2.90. The summed E-state index contributed by atoms with van der Waals surface area (Å²) >= 11 is 12.1. The monoisotopic (exact) mass is 292 g/mol. The van der Waals surface area contributed by atoms with Gasteiger partial charge in [0.2, 0.25) is 0 Å². The Balaban J connectivity index is 1.89. The molecule has 0 unspecified atom stereocenters. The molecule has 0 aliphatic heterocycles. The standard InChI is InChI=1S/C15H14Cl2N2/c16-11-7-5-10(6-8-11)9-14-18-13-4-2-1-3-12(13)15(17)19-14/h5-8H,1-4,9H2. The molecule has 0 radical (unpaired) electrons. The van der Waals surface area contributed by atoms with Crippen LogP contribution in [0.3, 0.4) is 0 Å². The smallest absolute Gasteiger partial charge is 0.136 e. The van der Waals surface area contributed by atoms with Crippen LogP contribution < -0.4 is 0 Å². The van der Waals surface area contributed by atoms with Gasteiger partial charge in [0, 0.05) is 22.7 Å². The molecule has 3 rings (SSSR count). The largest absolute Gasteiger partial charge is 0.237 e. The lowest BCUT2D eigenvalue weighted by molar-refractivity contribution is 0.656. The van der Waals surface area contributed by atoms with E-state index in [1.807, 2.05) is 24.3 Å². The fourth-order valence-electron chi connectivity index (χ4n) is 2.46. The molecule has 0 amide bonds. The maximum Gasteiger partial charge on any atom is 0.136 e. The molecule has 0 fully saturated rings. The number of aromatic nitrogens is 2. The lowest BCUT2D eigenvalue weighted by atomic mass is 9.97. The molecule has 4 heteroatoms. The second-order valence-electron chi connectivity index (χ2n) is 4.87. The highest BCUT2D eigenvalue weighted by molar-refractivity contribution is 6.30. The van der Waals surface area contributed by atoms with Crippen molar-refractivity contribution >= 4 is 23.2 Å². The van der Waals surface area contributed by atoms with Crippen LogP contribution in [0.5, 0.6) is 0 Å². The van der Waals surface area contributed by atoms with Crippen molar-refractivity contribution in [2.45, 2.75) is 32.1 Å². The lowest BCUT2D eigenvalue weighted by Crippen LogP contribution is -2.10. The summed E-state index contributed by atoms with van der Waals surface area (Å²) in [7, 11) is 0. The zero-order valence-electron chi connectivity index (χ0n) is 10.5. The van der Waals surface area contributed by atoms with Gasteiger partial charge in [-0.1, -0.05) is 35.3 Å². The van der Waals surface area contributed by atoms with Gasteiger partial charge in [0.05, 0.1) is 0 Å². The van der Waals surface area contributed by atoms with Crippen LogP contribution in [0.15, 0.2) is 24.3 Å². The maximum absolute atomic E-state index is 6.27. The van der Waals surface area contributed by atoms with Gasteiger partial charge in [0.1, 0.15) is 11.0 Å². The molecule has 0 N–H and O–H groups in total. The van der Waals surface area contributed by atoms with E-state index in [1.165, 1.54) is 12.8 Å². The zero-order valence-corrected chi connectivity index (χ0v) is 12.0. The Morgan fingerprint density at radius 2 is 1.68 bits per heavy atom. The van der Waals surface area contributed by atoms with Crippen LogP contribution in [0, 0.1) is 0 Å². The summed E-state index contributed by atoms with van der Waals surface area (Å²) in [4.78, 5) is 9.09. The molecule has 1 aromatic carbocycles. The molecule has 0 spiro atoms. The van der Waals surface area contributed by atoms with Crippen LogP contribution in [0.2, 0.25) is 10.2 Å². The first-order valence-corrected chi connectivity index (χ1v) is 7.26. The fourth-order valence-corrected chi connectivity index (χ4v) is 2.89. The van der Waals surface area contributed by atoms with E-state index in [0.717, 1.165) is 40.5 Å². The van der Waals surface area contributed by atoms with Crippen LogP contribution in [0.1, 0.15) is 35.5 Å². The minimum Gasteiger partial charge on any atom is -0.237 e. The molecule has 0 bridgehead atoms. The minimum atomic E-state index is 0.633. The Bertz CT molecular complexity index is 594. The Hall–Kier alpha value is -1.12. The number of fused-ring (bicyclic) bond motifs is 1. The summed E-state index contributed by atoms with van der Waals surface area (Å²) in [5.74, 6) is 0.799. The van der Waals surface area contributed by atoms with E-state index in [2.05, 4.69) is 9.97 Å². The van der Waals surface area contributed by atoms with Gasteiger partial charge in [-0.15, -0.1) is 0 Å². The second kappa shape index (κ2) is 5.48. The van der Waals surface area contributed by atoms with Gasteiger partial charge in [-0.25, -0.2) is 9.97 Å². The van der Waals surface area contributed by atoms with Crippen molar-refractivity contribution in [3.63, 3.8) is 0 Å². The number of hydrogen-bond donors (Lipinski definition) is 0. The average molecular weight is 293 g/mol. The Morgan fingerprint density at radius 1 is 0.947 bits per heavy atom. The zero-order chi connectivity index (χ0) is 13.2. The van der Waals surface area contributed by atoms with Crippen molar-refractivity contribution < 1.29 is 0 Å². The van der Waals surface area contributed by atoms with E-state index in [-0.39, 0.29) is 0 Å². The number of halogens is 2. The summed E-state index contributed by atoms with van der Waals surface area (Å²) in [6.07, 6.45) is 5.11. The fraction of sp³-hybridized carbons (Fsp3) is 0.333. The van der Waals surface area contributed by atoms with Gasteiger partial charge >= 0.3 is 0 Å². The van der Waals surface area contributed by atoms with E-state index < -0.39 is 0 Å². The van der Waals surface area contributed by atoms with Gasteiger partial charge in [-0.05, 0) is 43.4 Å². The maximum atomic E-state index is 6.27. The first-order valence-electron chi connectivity index (χ1n) is 6.51. The average Bonchev–Trinajstić information content (AvgIpc) is 2.42. The van der Waals surface area contributed by atoms with Crippen LogP contribution in [-0.2, 0) is 19.3 Å². The molecule has 0 saturated carbocycles. The number of aryl methyl sites for hydroxylation is 1. The van der Waals surface area contributed by atoms with E-state index in [1.54, 1.807) is 0 Å². The third-order valence-corrected chi connectivity index (χ3v) is 4.02. The van der Waals surface area contributed by atoms with E-state index in [4.69, 9.17) is 23.2 Å². The van der Waals surface area contributed by atoms with Gasteiger partial charge in [0.25, 0.3) is 0 Å². The molecular formula is C15H14Cl2N2. The summed E-state index contributed by atoms with van der Waals surface area (Å²) in [6, 6.07) is 7.77. The molecule has 1 aliphatic carbocycles. The predicted molar refractivity (Wildman–Crippen MR) is 77.9 cm³/mol. The van der Waals surface area contributed by atoms with Crippen molar-refractivity contribution in [3.8, 4) is 0 Å². The molecule has 0 saturated heterocycles. The quantitative estimate of drug-likeness (QED) is 0.773. The SMILES string of the molecule is Clc1ccc(Cc2nc(Cl)c3c(n2)CCCC3)cc1. The highest BCUT2D eigenvalue weighted by Crippen LogP contribution is 2.25. The molecule has 98 valence electrons. The molecule has 19 heavy (non-hydrogen) atoms. The van der Waals surface area contributed by atoms with Gasteiger partial charge in [-0.2, -0.15) is 0 Å². The van der Waals surface area contributed by atoms with Crippen molar-refractivity contribution in [1.29, 1.82) is 0 Å². The summed E-state index contributed by atoms with van der Waals surface area (Å²) in [6.45, 7) is 0. The van der Waals surface area contributed by atoms with Crippen molar-refractivity contribution in [2.24, 2.45) is 0 Å². The first-order chi connectivity index (χ1) is 9.22. The predicted octanol–water partition coefficient (Wildman–Crippen LogP) is 4.25. The molecule has 1 heterocycles. The highest BCUT2D eigenvalue weighted by atomic mass is 35.5. The van der Waals surface area contributed by atoms with E-state index in [0.29, 0.717) is 11.6 Å². The number of hydrogen-bond acceptors (Lipinski definition) is 2. The third-order valence-electron chi connectivity index (χ3n) is 3.45. The van der Waals surface area contributed by atoms with Crippen molar-refractivity contribution in [3.05, 3.63) is 57.1 Å². The van der Waals surface area contributed by atoms with E-state index >= 15 is 0 Å². The molecule has 2 aromatic rings. The normalized spacial score (nSPS) is 14.2. The summed E-state index contributed by atoms with van der Waals surface area (Å²) in [5.41, 5.74) is 3.43. The van der Waals surface area contributed by atoms with Gasteiger partial charge in [-0.3, -0.25) is 0 Å². The summed E-state index contributed by atoms with van der Waals surface area (Å²) < 4.78 is 0. The number of rotatable bonds is 2. The topological polar surface area (TPSA) is 25.8 Å². The van der Waals surface area contributed by atoms with Crippen LogP contribution in [-0.4, -0.2) is 9.97 Å². The molecular weight excluding hydrogens is 279 g/mol.